The first kappa shape index (κ1) is 9.26. The molecule has 2 atom stereocenters. The molecule has 1 saturated heterocycles. The molecular formula is C12H20O. The first-order valence-corrected chi connectivity index (χ1v) is 5.79. The first-order chi connectivity index (χ1) is 6.47. The number of rotatable bonds is 0. The lowest BCUT2D eigenvalue weighted by molar-refractivity contribution is 0.372. The number of allylic oxidation sites excluding steroid dienone is 1. The molecule has 2 aliphatic rings. The summed E-state index contributed by atoms with van der Waals surface area (Å²) < 4.78 is 5.54. The minimum Gasteiger partial charge on any atom is -0.365 e. The predicted molar refractivity (Wildman–Crippen MR) is 54.7 cm³/mol. The van der Waals surface area contributed by atoms with Crippen molar-refractivity contribution in [3.05, 3.63) is 12.2 Å². The van der Waals surface area contributed by atoms with E-state index in [1.54, 1.807) is 0 Å². The fourth-order valence-electron chi connectivity index (χ4n) is 2.10. The van der Waals surface area contributed by atoms with Gasteiger partial charge in [0.2, 0.25) is 0 Å². The van der Waals surface area contributed by atoms with Crippen molar-refractivity contribution in [1.29, 1.82) is 0 Å². The molecule has 0 aromatic carbocycles. The van der Waals surface area contributed by atoms with Gasteiger partial charge >= 0.3 is 0 Å². The SMILES string of the molecule is C1=CC2OC2CCCCCCCC1. The molecule has 0 aromatic heterocycles. The Morgan fingerprint density at radius 1 is 0.923 bits per heavy atom. The lowest BCUT2D eigenvalue weighted by Gasteiger charge is -2.00. The summed E-state index contributed by atoms with van der Waals surface area (Å²) in [5.74, 6) is 0. The molecule has 1 nitrogen and oxygen atoms in total. The van der Waals surface area contributed by atoms with E-state index in [2.05, 4.69) is 12.2 Å². The number of hydrogen-bond acceptors (Lipinski definition) is 1. The van der Waals surface area contributed by atoms with Gasteiger partial charge in [0, 0.05) is 0 Å². The monoisotopic (exact) mass is 180 g/mol. The van der Waals surface area contributed by atoms with Crippen molar-refractivity contribution < 1.29 is 4.74 Å². The Labute approximate surface area is 81.2 Å². The fraction of sp³-hybridized carbons (Fsp3) is 0.833. The maximum absolute atomic E-state index is 5.54. The van der Waals surface area contributed by atoms with E-state index in [9.17, 15) is 0 Å². The maximum Gasteiger partial charge on any atom is 0.102 e. The van der Waals surface area contributed by atoms with Crippen LogP contribution in [0, 0.1) is 0 Å². The highest BCUT2D eigenvalue weighted by atomic mass is 16.6. The van der Waals surface area contributed by atoms with Crippen LogP contribution in [0.15, 0.2) is 12.2 Å². The lowest BCUT2D eigenvalue weighted by Crippen LogP contribution is -1.92. The topological polar surface area (TPSA) is 12.5 Å². The number of epoxide rings is 1. The summed E-state index contributed by atoms with van der Waals surface area (Å²) in [5.41, 5.74) is 0. The van der Waals surface area contributed by atoms with Crippen LogP contribution in [-0.2, 0) is 4.74 Å². The van der Waals surface area contributed by atoms with Crippen LogP contribution in [0.1, 0.15) is 51.4 Å². The highest BCUT2D eigenvalue weighted by Crippen LogP contribution is 2.29. The summed E-state index contributed by atoms with van der Waals surface area (Å²) in [4.78, 5) is 0. The van der Waals surface area contributed by atoms with Gasteiger partial charge in [0.1, 0.15) is 6.10 Å². The second-order valence-corrected chi connectivity index (χ2v) is 4.27. The van der Waals surface area contributed by atoms with Crippen molar-refractivity contribution in [2.24, 2.45) is 0 Å². The third kappa shape index (κ3) is 3.15. The van der Waals surface area contributed by atoms with Crippen LogP contribution < -0.4 is 0 Å². The molecule has 74 valence electrons. The van der Waals surface area contributed by atoms with Crippen molar-refractivity contribution in [3.63, 3.8) is 0 Å². The average molecular weight is 180 g/mol. The third-order valence-electron chi connectivity index (χ3n) is 3.06. The minimum absolute atomic E-state index is 0.486. The highest BCUT2D eigenvalue weighted by Gasteiger charge is 2.35. The van der Waals surface area contributed by atoms with Gasteiger partial charge in [-0.2, -0.15) is 0 Å². The van der Waals surface area contributed by atoms with Gasteiger partial charge in [0.05, 0.1) is 6.10 Å². The van der Waals surface area contributed by atoms with E-state index in [1.807, 2.05) is 0 Å². The molecular weight excluding hydrogens is 160 g/mol. The van der Waals surface area contributed by atoms with Crippen LogP contribution >= 0.6 is 0 Å². The molecule has 1 heterocycles. The van der Waals surface area contributed by atoms with Crippen LogP contribution in [0.3, 0.4) is 0 Å². The summed E-state index contributed by atoms with van der Waals surface area (Å²) in [6, 6.07) is 0. The van der Waals surface area contributed by atoms with E-state index in [1.165, 1.54) is 51.4 Å². The van der Waals surface area contributed by atoms with Crippen molar-refractivity contribution in [1.82, 2.24) is 0 Å². The van der Waals surface area contributed by atoms with Gasteiger partial charge in [-0.15, -0.1) is 0 Å². The Kier molecular flexibility index (Phi) is 3.42. The molecule has 1 aliphatic heterocycles. The number of fused-ring (bicyclic) bond motifs is 1. The number of ether oxygens (including phenoxy) is 1. The standard InChI is InChI=1S/C12H20O/c1-2-4-6-8-10-12-11(13-12)9-7-5-3-1/h7,9,11-12H,1-6,8,10H2. The Hall–Kier alpha value is -0.300. The Bertz CT molecular complexity index is 174. The van der Waals surface area contributed by atoms with Gasteiger partial charge in [0.25, 0.3) is 0 Å². The average Bonchev–Trinajstić information content (AvgIpc) is 2.83. The molecule has 2 unspecified atom stereocenters. The Morgan fingerprint density at radius 3 is 2.62 bits per heavy atom. The molecule has 0 amide bonds. The summed E-state index contributed by atoms with van der Waals surface area (Å²) in [7, 11) is 0. The molecule has 1 heteroatoms. The molecule has 13 heavy (non-hydrogen) atoms. The fourth-order valence-corrected chi connectivity index (χ4v) is 2.10. The zero-order valence-electron chi connectivity index (χ0n) is 8.37. The Morgan fingerprint density at radius 2 is 1.69 bits per heavy atom. The quantitative estimate of drug-likeness (QED) is 0.411. The summed E-state index contributed by atoms with van der Waals surface area (Å²) >= 11 is 0. The van der Waals surface area contributed by atoms with Crippen LogP contribution in [0.2, 0.25) is 0 Å². The van der Waals surface area contributed by atoms with E-state index in [-0.39, 0.29) is 0 Å². The second-order valence-electron chi connectivity index (χ2n) is 4.27. The van der Waals surface area contributed by atoms with Crippen LogP contribution in [0.4, 0.5) is 0 Å². The predicted octanol–water partition coefficient (Wildman–Crippen LogP) is 3.44. The van der Waals surface area contributed by atoms with E-state index < -0.39 is 0 Å². The molecule has 1 aliphatic carbocycles. The first-order valence-electron chi connectivity index (χ1n) is 5.79. The molecule has 0 radical (unpaired) electrons. The smallest absolute Gasteiger partial charge is 0.102 e. The van der Waals surface area contributed by atoms with Crippen LogP contribution in [0.5, 0.6) is 0 Å². The largest absolute Gasteiger partial charge is 0.365 e. The van der Waals surface area contributed by atoms with Gasteiger partial charge in [-0.1, -0.05) is 44.3 Å². The van der Waals surface area contributed by atoms with Crippen LogP contribution in [-0.4, -0.2) is 12.2 Å². The van der Waals surface area contributed by atoms with Gasteiger partial charge in [-0.25, -0.2) is 0 Å². The maximum atomic E-state index is 5.54. The van der Waals surface area contributed by atoms with Gasteiger partial charge in [-0.05, 0) is 19.3 Å². The van der Waals surface area contributed by atoms with Crippen molar-refractivity contribution in [3.8, 4) is 0 Å². The van der Waals surface area contributed by atoms with Crippen LogP contribution in [0.25, 0.3) is 0 Å². The van der Waals surface area contributed by atoms with Gasteiger partial charge in [-0.3, -0.25) is 0 Å². The zero-order valence-corrected chi connectivity index (χ0v) is 8.37. The second kappa shape index (κ2) is 4.80. The summed E-state index contributed by atoms with van der Waals surface area (Å²) in [6.45, 7) is 0. The van der Waals surface area contributed by atoms with Gasteiger partial charge < -0.3 is 4.74 Å². The molecule has 1 fully saturated rings. The van der Waals surface area contributed by atoms with E-state index in [0.717, 1.165) is 0 Å². The molecule has 0 saturated carbocycles. The third-order valence-corrected chi connectivity index (χ3v) is 3.06. The van der Waals surface area contributed by atoms with E-state index in [4.69, 9.17) is 4.74 Å². The summed E-state index contributed by atoms with van der Waals surface area (Å²) in [5, 5.41) is 0. The minimum atomic E-state index is 0.486. The van der Waals surface area contributed by atoms with E-state index >= 15 is 0 Å². The Balaban J connectivity index is 1.75. The molecule has 0 bridgehead atoms. The van der Waals surface area contributed by atoms with Gasteiger partial charge in [0.15, 0.2) is 0 Å². The van der Waals surface area contributed by atoms with Crippen molar-refractivity contribution >= 4 is 0 Å². The summed E-state index contributed by atoms with van der Waals surface area (Å²) in [6.07, 6.45) is 16.6. The molecule has 2 rings (SSSR count). The van der Waals surface area contributed by atoms with Crippen molar-refractivity contribution in [2.45, 2.75) is 63.6 Å². The normalized spacial score (nSPS) is 35.7. The molecule has 0 aromatic rings. The zero-order chi connectivity index (χ0) is 8.93. The van der Waals surface area contributed by atoms with Crippen molar-refractivity contribution in [2.75, 3.05) is 0 Å². The lowest BCUT2D eigenvalue weighted by atomic mass is 10.0. The molecule has 0 spiro atoms. The number of hydrogen-bond donors (Lipinski definition) is 0. The van der Waals surface area contributed by atoms with E-state index in [0.29, 0.717) is 12.2 Å². The molecule has 0 N–H and O–H groups in total. The highest BCUT2D eigenvalue weighted by molar-refractivity contribution is 5.02.